The number of nitrogens with zero attached hydrogens (tertiary/aromatic N) is 1. The van der Waals surface area contributed by atoms with Crippen molar-refractivity contribution in [1.29, 1.82) is 0 Å². The molecule has 1 aliphatic rings. The number of hydrogen-bond donors (Lipinski definition) is 1. The third-order valence-corrected chi connectivity index (χ3v) is 1.31. The molecule has 0 saturated carbocycles. The molecule has 0 saturated heterocycles. The summed E-state index contributed by atoms with van der Waals surface area (Å²) >= 11 is 0. The lowest BCUT2D eigenvalue weighted by Gasteiger charge is -2.14. The highest BCUT2D eigenvalue weighted by Gasteiger charge is 2.11. The van der Waals surface area contributed by atoms with Crippen molar-refractivity contribution in [2.45, 2.75) is 25.5 Å². The van der Waals surface area contributed by atoms with Crippen LogP contribution in [0.1, 0.15) is 19.3 Å². The van der Waals surface area contributed by atoms with Crippen molar-refractivity contribution in [2.75, 3.05) is 0 Å². The van der Waals surface area contributed by atoms with Crippen LogP contribution in [0.3, 0.4) is 0 Å². The molecule has 0 aromatic carbocycles. The minimum absolute atomic E-state index is 0.328. The number of carbonyl (C=O) groups excluding carboxylic acids is 1. The van der Waals surface area contributed by atoms with Gasteiger partial charge in [-0.05, 0) is 12.8 Å². The Morgan fingerprint density at radius 3 is 3.10 bits per heavy atom. The Bertz CT molecular complexity index is 156. The van der Waals surface area contributed by atoms with E-state index in [1.165, 1.54) is 0 Å². The van der Waals surface area contributed by atoms with E-state index in [0.29, 0.717) is 0 Å². The number of rotatable bonds is 1. The van der Waals surface area contributed by atoms with Gasteiger partial charge in [-0.1, -0.05) is 0 Å². The first-order valence-corrected chi connectivity index (χ1v) is 3.27. The molecule has 4 heteroatoms. The molecule has 0 spiro atoms. The second-order valence-electron chi connectivity index (χ2n) is 2.15. The van der Waals surface area contributed by atoms with Crippen LogP contribution in [-0.2, 0) is 4.74 Å². The van der Waals surface area contributed by atoms with Gasteiger partial charge in [0.05, 0.1) is 0 Å². The first-order valence-electron chi connectivity index (χ1n) is 3.27. The fourth-order valence-corrected chi connectivity index (χ4v) is 0.874. The number of amides is 1. The molecule has 1 aliphatic heterocycles. The fourth-order valence-electron chi connectivity index (χ4n) is 0.874. The van der Waals surface area contributed by atoms with Crippen molar-refractivity contribution in [3.8, 4) is 0 Å². The maximum Gasteiger partial charge on any atom is 0.406 e. The molecular formula is C6H10N2O2. The second kappa shape index (κ2) is 3.20. The molecule has 1 rings (SSSR count). The summed E-state index contributed by atoms with van der Waals surface area (Å²) in [7, 11) is 0. The zero-order chi connectivity index (χ0) is 7.40. The predicted molar refractivity (Wildman–Crippen MR) is 36.8 cm³/mol. The second-order valence-corrected chi connectivity index (χ2v) is 2.15. The summed E-state index contributed by atoms with van der Waals surface area (Å²) < 4.78 is 4.63. The molecule has 10 heavy (non-hydrogen) atoms. The first-order chi connectivity index (χ1) is 4.79. The quantitative estimate of drug-likeness (QED) is 0.584. The molecule has 0 aliphatic carbocycles. The summed E-state index contributed by atoms with van der Waals surface area (Å²) in [6.45, 7) is 0. The van der Waals surface area contributed by atoms with Crippen molar-refractivity contribution < 1.29 is 9.53 Å². The van der Waals surface area contributed by atoms with Gasteiger partial charge in [-0.3, -0.25) is 4.99 Å². The molecule has 0 aromatic rings. The first kappa shape index (κ1) is 7.05. The highest BCUT2D eigenvalue weighted by atomic mass is 16.6. The molecule has 1 amide bonds. The van der Waals surface area contributed by atoms with Gasteiger partial charge in [-0.15, -0.1) is 0 Å². The molecule has 0 radical (unpaired) electrons. The van der Waals surface area contributed by atoms with Crippen molar-refractivity contribution in [3.63, 3.8) is 0 Å². The van der Waals surface area contributed by atoms with E-state index >= 15 is 0 Å². The van der Waals surface area contributed by atoms with Gasteiger partial charge < -0.3 is 10.5 Å². The van der Waals surface area contributed by atoms with Crippen LogP contribution in [0, 0.1) is 0 Å². The normalized spacial score (nSPS) is 24.2. The topological polar surface area (TPSA) is 64.7 Å². The smallest absolute Gasteiger partial charge is 0.406 e. The van der Waals surface area contributed by atoms with Crippen LogP contribution in [0.15, 0.2) is 4.99 Å². The molecule has 0 fully saturated rings. The average molecular weight is 142 g/mol. The van der Waals surface area contributed by atoms with Gasteiger partial charge in [0, 0.05) is 12.6 Å². The Labute approximate surface area is 59.1 Å². The lowest BCUT2D eigenvalue weighted by atomic mass is 10.2. The third-order valence-electron chi connectivity index (χ3n) is 1.31. The van der Waals surface area contributed by atoms with Crippen LogP contribution in [0.2, 0.25) is 0 Å². The van der Waals surface area contributed by atoms with Crippen LogP contribution in [-0.4, -0.2) is 18.5 Å². The maximum absolute atomic E-state index is 10.2. The lowest BCUT2D eigenvalue weighted by Crippen LogP contribution is -2.22. The average Bonchev–Trinajstić information content (AvgIpc) is 1.88. The van der Waals surface area contributed by atoms with Crippen LogP contribution < -0.4 is 5.73 Å². The van der Waals surface area contributed by atoms with E-state index in [2.05, 4.69) is 9.73 Å². The summed E-state index contributed by atoms with van der Waals surface area (Å²) in [5.41, 5.74) is 4.79. The minimum atomic E-state index is -0.746. The largest absolute Gasteiger partial charge is 0.424 e. The summed E-state index contributed by atoms with van der Waals surface area (Å²) in [6, 6.07) is 0. The van der Waals surface area contributed by atoms with E-state index in [1.807, 2.05) is 0 Å². The van der Waals surface area contributed by atoms with Crippen LogP contribution in [0.5, 0.6) is 0 Å². The van der Waals surface area contributed by atoms with Crippen molar-refractivity contribution in [1.82, 2.24) is 0 Å². The van der Waals surface area contributed by atoms with Gasteiger partial charge in [0.15, 0.2) is 6.23 Å². The minimum Gasteiger partial charge on any atom is -0.424 e. The van der Waals surface area contributed by atoms with E-state index in [1.54, 1.807) is 6.21 Å². The molecule has 56 valence electrons. The maximum atomic E-state index is 10.2. The Morgan fingerprint density at radius 1 is 1.80 bits per heavy atom. The van der Waals surface area contributed by atoms with Crippen LogP contribution >= 0.6 is 0 Å². The molecule has 1 atom stereocenters. The third kappa shape index (κ3) is 2.05. The number of carbonyl (C=O) groups is 1. The van der Waals surface area contributed by atoms with Crippen LogP contribution in [0.4, 0.5) is 4.79 Å². The molecule has 4 nitrogen and oxygen atoms in total. The molecule has 2 N–H and O–H groups in total. The molecule has 0 bridgehead atoms. The molecule has 1 heterocycles. The lowest BCUT2D eigenvalue weighted by molar-refractivity contribution is 0.103. The van der Waals surface area contributed by atoms with E-state index in [9.17, 15) is 4.79 Å². The van der Waals surface area contributed by atoms with Gasteiger partial charge in [0.1, 0.15) is 0 Å². The zero-order valence-electron chi connectivity index (χ0n) is 5.62. The number of hydrogen-bond acceptors (Lipinski definition) is 3. The summed E-state index contributed by atoms with van der Waals surface area (Å²) in [4.78, 5) is 14.1. The Kier molecular flexibility index (Phi) is 2.25. The van der Waals surface area contributed by atoms with Crippen molar-refractivity contribution in [3.05, 3.63) is 0 Å². The number of primary amides is 1. The van der Waals surface area contributed by atoms with E-state index in [4.69, 9.17) is 5.73 Å². The van der Waals surface area contributed by atoms with Gasteiger partial charge in [-0.25, -0.2) is 4.79 Å². The van der Waals surface area contributed by atoms with Gasteiger partial charge in [0.2, 0.25) is 0 Å². The molecular weight excluding hydrogens is 132 g/mol. The van der Waals surface area contributed by atoms with Crippen molar-refractivity contribution in [2.24, 2.45) is 10.7 Å². The van der Waals surface area contributed by atoms with E-state index < -0.39 is 6.09 Å². The summed E-state index contributed by atoms with van der Waals surface area (Å²) in [5, 5.41) is 0. The Hall–Kier alpha value is -1.06. The summed E-state index contributed by atoms with van der Waals surface area (Å²) in [6.07, 6.45) is 3.46. The van der Waals surface area contributed by atoms with Crippen molar-refractivity contribution >= 4 is 12.3 Å². The van der Waals surface area contributed by atoms with Gasteiger partial charge in [-0.2, -0.15) is 0 Å². The summed E-state index contributed by atoms with van der Waals surface area (Å²) in [5.74, 6) is 0. The number of ether oxygens (including phenoxy) is 1. The van der Waals surface area contributed by atoms with E-state index in [-0.39, 0.29) is 6.23 Å². The SMILES string of the molecule is NC(=O)O[C@@H]1CCCC=N1. The van der Waals surface area contributed by atoms with Gasteiger partial charge >= 0.3 is 6.09 Å². The number of aliphatic imine (C=N–C) groups is 1. The number of nitrogens with two attached hydrogens (primary N) is 1. The standard InChI is InChI=1S/C6H10N2O2/c7-6(9)10-5-3-1-2-4-8-5/h4-5H,1-3H2,(H2,7,9)/t5-/m1/s1. The highest BCUT2D eigenvalue weighted by Crippen LogP contribution is 2.09. The Morgan fingerprint density at radius 2 is 2.60 bits per heavy atom. The zero-order valence-corrected chi connectivity index (χ0v) is 5.62. The molecule has 0 aromatic heterocycles. The molecule has 0 unspecified atom stereocenters. The highest BCUT2D eigenvalue weighted by molar-refractivity contribution is 5.65. The predicted octanol–water partition coefficient (Wildman–Crippen LogP) is 0.663. The Balaban J connectivity index is 2.33. The van der Waals surface area contributed by atoms with E-state index in [0.717, 1.165) is 19.3 Å². The van der Waals surface area contributed by atoms with Crippen LogP contribution in [0.25, 0.3) is 0 Å². The monoisotopic (exact) mass is 142 g/mol. The fraction of sp³-hybridized carbons (Fsp3) is 0.667. The van der Waals surface area contributed by atoms with Gasteiger partial charge in [0.25, 0.3) is 0 Å².